The zero-order valence-electron chi connectivity index (χ0n) is 16.8. The van der Waals surface area contributed by atoms with E-state index in [1.807, 2.05) is 55.5 Å². The molecular weight excluding hydrogens is 362 g/mol. The number of H-pyrrole nitrogens is 1. The second-order valence-electron chi connectivity index (χ2n) is 7.83. The maximum absolute atomic E-state index is 12.8. The molecule has 1 aliphatic rings. The lowest BCUT2D eigenvalue weighted by Crippen LogP contribution is -2.37. The molecule has 2 N–H and O–H groups in total. The molecule has 5 heteroatoms. The summed E-state index contributed by atoms with van der Waals surface area (Å²) in [5, 5.41) is 9.97. The van der Waals surface area contributed by atoms with Crippen LogP contribution in [-0.4, -0.2) is 39.2 Å². The van der Waals surface area contributed by atoms with Crippen LogP contribution in [0.3, 0.4) is 0 Å². The molecular formula is C24H27N3O2. The first-order valence-electron chi connectivity index (χ1n) is 10.2. The van der Waals surface area contributed by atoms with E-state index < -0.39 is 0 Å². The van der Waals surface area contributed by atoms with E-state index in [9.17, 15) is 9.90 Å². The Hall–Kier alpha value is -2.76. The van der Waals surface area contributed by atoms with Crippen LogP contribution in [0.15, 0.2) is 59.4 Å². The molecule has 1 fully saturated rings. The van der Waals surface area contributed by atoms with Gasteiger partial charge in [0, 0.05) is 36.3 Å². The molecule has 29 heavy (non-hydrogen) atoms. The van der Waals surface area contributed by atoms with Crippen molar-refractivity contribution in [2.45, 2.75) is 38.8 Å². The molecule has 0 amide bonds. The van der Waals surface area contributed by atoms with Gasteiger partial charge in [-0.05, 0) is 37.4 Å². The average Bonchev–Trinajstić information content (AvgIpc) is 2.72. The van der Waals surface area contributed by atoms with Crippen LogP contribution >= 0.6 is 0 Å². The largest absolute Gasteiger partial charge is 0.392 e. The van der Waals surface area contributed by atoms with Crippen molar-refractivity contribution in [3.63, 3.8) is 0 Å². The van der Waals surface area contributed by atoms with Gasteiger partial charge < -0.3 is 10.1 Å². The molecule has 0 aliphatic carbocycles. The molecule has 2 heterocycles. The van der Waals surface area contributed by atoms with Crippen molar-refractivity contribution in [1.82, 2.24) is 14.9 Å². The Morgan fingerprint density at radius 3 is 2.66 bits per heavy atom. The van der Waals surface area contributed by atoms with Crippen molar-refractivity contribution in [3.05, 3.63) is 87.3 Å². The highest BCUT2D eigenvalue weighted by atomic mass is 16.3. The van der Waals surface area contributed by atoms with Gasteiger partial charge in [0.15, 0.2) is 0 Å². The molecule has 2 aromatic carbocycles. The van der Waals surface area contributed by atoms with Gasteiger partial charge in [0.1, 0.15) is 5.82 Å². The molecule has 150 valence electrons. The van der Waals surface area contributed by atoms with Crippen LogP contribution in [0.2, 0.25) is 0 Å². The molecule has 1 atom stereocenters. The van der Waals surface area contributed by atoms with Gasteiger partial charge in [-0.2, -0.15) is 0 Å². The molecule has 0 radical (unpaired) electrons. The van der Waals surface area contributed by atoms with E-state index >= 15 is 0 Å². The second-order valence-corrected chi connectivity index (χ2v) is 7.83. The number of aliphatic hydroxyl groups excluding tert-OH is 1. The number of hydrogen-bond donors (Lipinski definition) is 2. The standard InChI is InChI=1S/C24H27N3O2/c1-17-22(14-18-8-3-2-4-9-18)24(29)26-23(25-17)21-12-6-5-10-19(21)15-27-13-7-11-20(28)16-27/h2-6,8-10,12,20,28H,7,11,13-16H2,1H3,(H,25,26,29)/t20-/m1/s1. The number of nitrogens with zero attached hydrogens (tertiary/aromatic N) is 2. The molecule has 0 bridgehead atoms. The summed E-state index contributed by atoms with van der Waals surface area (Å²) in [5.41, 5.74) is 4.53. The average molecular weight is 389 g/mol. The number of piperidine rings is 1. The van der Waals surface area contributed by atoms with Crippen LogP contribution in [0.25, 0.3) is 11.4 Å². The molecule has 0 saturated carbocycles. The highest BCUT2D eigenvalue weighted by Crippen LogP contribution is 2.23. The topological polar surface area (TPSA) is 69.2 Å². The maximum Gasteiger partial charge on any atom is 0.254 e. The fourth-order valence-corrected chi connectivity index (χ4v) is 4.05. The first-order chi connectivity index (χ1) is 14.1. The first kappa shape index (κ1) is 19.6. The van der Waals surface area contributed by atoms with Gasteiger partial charge in [-0.3, -0.25) is 9.69 Å². The predicted octanol–water partition coefficient (Wildman–Crippen LogP) is 3.29. The lowest BCUT2D eigenvalue weighted by atomic mass is 10.0. The number of benzene rings is 2. The first-order valence-corrected chi connectivity index (χ1v) is 10.2. The normalized spacial score (nSPS) is 17.4. The summed E-state index contributed by atoms with van der Waals surface area (Å²) in [6.07, 6.45) is 2.19. The van der Waals surface area contributed by atoms with Crippen LogP contribution in [0.1, 0.15) is 35.2 Å². The van der Waals surface area contributed by atoms with Gasteiger partial charge in [-0.1, -0.05) is 54.6 Å². The van der Waals surface area contributed by atoms with Crippen LogP contribution in [0, 0.1) is 6.92 Å². The van der Waals surface area contributed by atoms with Gasteiger partial charge in [0.05, 0.1) is 6.10 Å². The lowest BCUT2D eigenvalue weighted by Gasteiger charge is -2.30. The number of β-amino-alcohol motifs (C(OH)–C–C–N with tert-alkyl or cyclic N) is 1. The van der Waals surface area contributed by atoms with E-state index in [2.05, 4.69) is 16.0 Å². The number of aromatic amines is 1. The molecule has 3 aromatic rings. The van der Waals surface area contributed by atoms with E-state index in [1.54, 1.807) is 0 Å². The van der Waals surface area contributed by atoms with E-state index in [0.717, 1.165) is 48.3 Å². The number of hydrogen-bond acceptors (Lipinski definition) is 4. The van der Waals surface area contributed by atoms with E-state index in [4.69, 9.17) is 4.98 Å². The minimum absolute atomic E-state index is 0.0837. The molecule has 0 spiro atoms. The quantitative estimate of drug-likeness (QED) is 0.703. The number of aryl methyl sites for hydroxylation is 1. The van der Waals surface area contributed by atoms with Crippen molar-refractivity contribution in [2.75, 3.05) is 13.1 Å². The Kier molecular flexibility index (Phi) is 5.88. The van der Waals surface area contributed by atoms with Crippen LogP contribution < -0.4 is 5.56 Å². The van der Waals surface area contributed by atoms with Crippen LogP contribution in [0.4, 0.5) is 0 Å². The number of aliphatic hydroxyl groups is 1. The number of rotatable bonds is 5. The third-order valence-corrected chi connectivity index (χ3v) is 5.59. The molecule has 0 unspecified atom stereocenters. The number of aromatic nitrogens is 2. The number of likely N-dealkylation sites (tertiary alicyclic amines) is 1. The molecule has 4 rings (SSSR count). The fourth-order valence-electron chi connectivity index (χ4n) is 4.05. The Labute approximate surface area is 171 Å². The SMILES string of the molecule is Cc1nc(-c2ccccc2CN2CCC[C@@H](O)C2)[nH]c(=O)c1Cc1ccccc1. The maximum atomic E-state index is 12.8. The van der Waals surface area contributed by atoms with E-state index in [1.165, 1.54) is 0 Å². The van der Waals surface area contributed by atoms with Crippen LogP contribution in [-0.2, 0) is 13.0 Å². The molecule has 1 aliphatic heterocycles. The highest BCUT2D eigenvalue weighted by Gasteiger charge is 2.19. The summed E-state index contributed by atoms with van der Waals surface area (Å²) < 4.78 is 0. The van der Waals surface area contributed by atoms with Gasteiger partial charge in [0.25, 0.3) is 5.56 Å². The summed E-state index contributed by atoms with van der Waals surface area (Å²) >= 11 is 0. The summed E-state index contributed by atoms with van der Waals surface area (Å²) in [5.74, 6) is 0.609. The van der Waals surface area contributed by atoms with E-state index in [-0.39, 0.29) is 11.7 Å². The van der Waals surface area contributed by atoms with E-state index in [0.29, 0.717) is 24.4 Å². The minimum Gasteiger partial charge on any atom is -0.392 e. The molecule has 1 saturated heterocycles. The highest BCUT2D eigenvalue weighted by molar-refractivity contribution is 5.60. The molecule has 5 nitrogen and oxygen atoms in total. The smallest absolute Gasteiger partial charge is 0.254 e. The van der Waals surface area contributed by atoms with Crippen molar-refractivity contribution >= 4 is 0 Å². The zero-order valence-corrected chi connectivity index (χ0v) is 16.8. The summed E-state index contributed by atoms with van der Waals surface area (Å²) in [7, 11) is 0. The van der Waals surface area contributed by atoms with Gasteiger partial charge in [-0.25, -0.2) is 4.98 Å². The number of nitrogens with one attached hydrogen (secondary N) is 1. The van der Waals surface area contributed by atoms with Gasteiger partial charge in [-0.15, -0.1) is 0 Å². The molecule has 1 aromatic heterocycles. The van der Waals surface area contributed by atoms with Crippen molar-refractivity contribution in [3.8, 4) is 11.4 Å². The Balaban J connectivity index is 1.63. The summed E-state index contributed by atoms with van der Waals surface area (Å²) in [6, 6.07) is 18.0. The van der Waals surface area contributed by atoms with Crippen molar-refractivity contribution in [1.29, 1.82) is 0 Å². The Morgan fingerprint density at radius 1 is 1.14 bits per heavy atom. The van der Waals surface area contributed by atoms with Crippen molar-refractivity contribution < 1.29 is 5.11 Å². The summed E-state index contributed by atoms with van der Waals surface area (Å²) in [4.78, 5) is 22.9. The monoisotopic (exact) mass is 389 g/mol. The van der Waals surface area contributed by atoms with Crippen molar-refractivity contribution in [2.24, 2.45) is 0 Å². The Morgan fingerprint density at radius 2 is 1.90 bits per heavy atom. The predicted molar refractivity (Wildman–Crippen MR) is 115 cm³/mol. The Bertz CT molecular complexity index is 1030. The second kappa shape index (κ2) is 8.72. The third kappa shape index (κ3) is 4.63. The van der Waals surface area contributed by atoms with Gasteiger partial charge >= 0.3 is 0 Å². The minimum atomic E-state index is -0.256. The van der Waals surface area contributed by atoms with Gasteiger partial charge in [0.2, 0.25) is 0 Å². The summed E-state index contributed by atoms with van der Waals surface area (Å²) in [6.45, 7) is 4.31. The zero-order chi connectivity index (χ0) is 20.2. The fraction of sp³-hybridized carbons (Fsp3) is 0.333. The third-order valence-electron chi connectivity index (χ3n) is 5.59. The lowest BCUT2D eigenvalue weighted by molar-refractivity contribution is 0.0669. The van der Waals surface area contributed by atoms with Crippen LogP contribution in [0.5, 0.6) is 0 Å².